The third-order valence-electron chi connectivity index (χ3n) is 6.25. The van der Waals surface area contributed by atoms with E-state index in [2.05, 4.69) is 57.7 Å². The number of nitro benzene ring substituents is 1. The van der Waals surface area contributed by atoms with Gasteiger partial charge in [0.25, 0.3) is 5.69 Å². The second kappa shape index (κ2) is 11.8. The number of aliphatic hydroxyl groups excluding tert-OH is 1. The van der Waals surface area contributed by atoms with Crippen molar-refractivity contribution in [3.63, 3.8) is 0 Å². The minimum absolute atomic E-state index is 0.112. The molecule has 0 aliphatic carbocycles. The summed E-state index contributed by atoms with van der Waals surface area (Å²) < 4.78 is 5.74. The largest absolute Gasteiger partial charge is 0.422 e. The van der Waals surface area contributed by atoms with Crippen LogP contribution in [0.25, 0.3) is 0 Å². The van der Waals surface area contributed by atoms with Crippen LogP contribution in [0.4, 0.5) is 11.4 Å². The lowest BCUT2D eigenvalue weighted by Crippen LogP contribution is -2.37. The molecule has 7 nitrogen and oxygen atoms in total. The second-order valence-electron chi connectivity index (χ2n) is 9.34. The molecule has 0 bridgehead atoms. The molecule has 3 rings (SSSR count). The first-order chi connectivity index (χ1) is 17.2. The summed E-state index contributed by atoms with van der Waals surface area (Å²) in [5, 5.41) is 21.2. The molecule has 0 spiro atoms. The molecule has 0 aliphatic heterocycles. The van der Waals surface area contributed by atoms with Gasteiger partial charge in [0, 0.05) is 35.3 Å². The van der Waals surface area contributed by atoms with E-state index in [1.54, 1.807) is 18.2 Å². The van der Waals surface area contributed by atoms with Crippen molar-refractivity contribution in [1.82, 2.24) is 0 Å². The molecule has 0 fully saturated rings. The lowest BCUT2D eigenvalue weighted by Gasteiger charge is -2.34. The maximum absolute atomic E-state index is 13.0. The van der Waals surface area contributed by atoms with Crippen molar-refractivity contribution in [3.8, 4) is 5.75 Å². The molecule has 7 heteroatoms. The van der Waals surface area contributed by atoms with Gasteiger partial charge in [0.05, 0.1) is 11.5 Å². The normalized spacial score (nSPS) is 12.0. The molecule has 0 saturated carbocycles. The molecule has 1 unspecified atom stereocenters. The van der Waals surface area contributed by atoms with Crippen LogP contribution in [-0.2, 0) is 6.61 Å². The van der Waals surface area contributed by atoms with Crippen LogP contribution in [0, 0.1) is 10.1 Å². The van der Waals surface area contributed by atoms with Crippen LogP contribution in [0.2, 0.25) is 0 Å². The first-order valence-corrected chi connectivity index (χ1v) is 12.2. The van der Waals surface area contributed by atoms with E-state index in [1.807, 2.05) is 12.1 Å². The molecule has 0 radical (unpaired) electrons. The number of aliphatic hydroxyl groups is 1. The summed E-state index contributed by atoms with van der Waals surface area (Å²) in [5.74, 6) is -0.599. The summed E-state index contributed by atoms with van der Waals surface area (Å²) in [6.45, 7) is 10.5. The molecule has 0 saturated heterocycles. The van der Waals surface area contributed by atoms with E-state index in [0.717, 1.165) is 23.2 Å². The number of carbonyl (C=O) groups is 1. The highest BCUT2D eigenvalue weighted by Crippen LogP contribution is 2.37. The maximum Gasteiger partial charge on any atom is 0.350 e. The van der Waals surface area contributed by atoms with Gasteiger partial charge in [0.2, 0.25) is 0 Å². The van der Waals surface area contributed by atoms with E-state index >= 15 is 0 Å². The smallest absolute Gasteiger partial charge is 0.350 e. The van der Waals surface area contributed by atoms with Gasteiger partial charge in [-0.3, -0.25) is 10.1 Å². The number of hydrogen-bond acceptors (Lipinski definition) is 6. The van der Waals surface area contributed by atoms with Crippen molar-refractivity contribution in [2.24, 2.45) is 0 Å². The van der Waals surface area contributed by atoms with Crippen molar-refractivity contribution in [3.05, 3.63) is 99.1 Å². The highest BCUT2D eigenvalue weighted by atomic mass is 16.6. The molecule has 36 heavy (non-hydrogen) atoms. The first-order valence-electron chi connectivity index (χ1n) is 12.2. The number of nitro groups is 1. The number of carbonyl (C=O) groups excluding carboxylic acids is 1. The van der Waals surface area contributed by atoms with Crippen molar-refractivity contribution in [2.75, 3.05) is 4.90 Å². The third kappa shape index (κ3) is 5.91. The van der Waals surface area contributed by atoms with E-state index in [9.17, 15) is 20.0 Å². The number of ether oxygens (including phenoxy) is 1. The van der Waals surface area contributed by atoms with Gasteiger partial charge in [-0.1, -0.05) is 37.3 Å². The Morgan fingerprint density at radius 3 is 2.31 bits per heavy atom. The van der Waals surface area contributed by atoms with Crippen LogP contribution < -0.4 is 9.64 Å². The molecule has 1 N–H and O–H groups in total. The molecule has 0 aromatic heterocycles. The van der Waals surface area contributed by atoms with E-state index in [0.29, 0.717) is 23.4 Å². The molecule has 3 aromatic rings. The fourth-order valence-electron chi connectivity index (χ4n) is 4.75. The zero-order valence-corrected chi connectivity index (χ0v) is 21.5. The average Bonchev–Trinajstić information content (AvgIpc) is 2.85. The average molecular weight is 491 g/mol. The van der Waals surface area contributed by atoms with Gasteiger partial charge in [-0.05, 0) is 75.6 Å². The number of para-hydroxylation sites is 1. The van der Waals surface area contributed by atoms with Gasteiger partial charge >= 0.3 is 5.97 Å². The SMILES string of the molecule is CCC(c1cccc(N(C(C)C)C(C)C)c1)c1cc(CO)ccc1OC(=O)c1ccccc1[N+](=O)[O-]. The predicted molar refractivity (Wildman–Crippen MR) is 142 cm³/mol. The molecular weight excluding hydrogens is 456 g/mol. The molecule has 0 amide bonds. The van der Waals surface area contributed by atoms with Crippen molar-refractivity contribution >= 4 is 17.3 Å². The summed E-state index contributed by atoms with van der Waals surface area (Å²) in [7, 11) is 0. The van der Waals surface area contributed by atoms with Gasteiger partial charge in [-0.25, -0.2) is 4.79 Å². The summed E-state index contributed by atoms with van der Waals surface area (Å²) in [6.07, 6.45) is 0.720. The van der Waals surface area contributed by atoms with Gasteiger partial charge < -0.3 is 14.7 Å². The van der Waals surface area contributed by atoms with E-state index in [-0.39, 0.29) is 23.8 Å². The van der Waals surface area contributed by atoms with E-state index < -0.39 is 10.9 Å². The molecule has 3 aromatic carbocycles. The Labute approximate surface area is 212 Å². The molecule has 0 heterocycles. The van der Waals surface area contributed by atoms with Crippen molar-refractivity contribution in [2.45, 2.75) is 65.6 Å². The zero-order chi connectivity index (χ0) is 26.4. The predicted octanol–water partition coefficient (Wildman–Crippen LogP) is 6.47. The lowest BCUT2D eigenvalue weighted by molar-refractivity contribution is -0.385. The number of esters is 1. The van der Waals surface area contributed by atoms with Gasteiger partial charge in [-0.2, -0.15) is 0 Å². The highest BCUT2D eigenvalue weighted by Gasteiger charge is 2.25. The van der Waals surface area contributed by atoms with Crippen LogP contribution >= 0.6 is 0 Å². The van der Waals surface area contributed by atoms with Gasteiger partial charge in [-0.15, -0.1) is 0 Å². The van der Waals surface area contributed by atoms with Gasteiger partial charge in [0.1, 0.15) is 11.3 Å². The summed E-state index contributed by atoms with van der Waals surface area (Å²) in [5.41, 5.74) is 3.18. The minimum Gasteiger partial charge on any atom is -0.422 e. The second-order valence-corrected chi connectivity index (χ2v) is 9.34. The van der Waals surface area contributed by atoms with Crippen LogP contribution in [0.3, 0.4) is 0 Å². The van der Waals surface area contributed by atoms with Crippen LogP contribution in [0.1, 0.15) is 74.0 Å². The van der Waals surface area contributed by atoms with E-state index in [1.165, 1.54) is 18.2 Å². The summed E-state index contributed by atoms with van der Waals surface area (Å²) in [4.78, 5) is 26.2. The van der Waals surface area contributed by atoms with Crippen LogP contribution in [-0.4, -0.2) is 28.1 Å². The topological polar surface area (TPSA) is 92.9 Å². The number of anilines is 1. The summed E-state index contributed by atoms with van der Waals surface area (Å²) >= 11 is 0. The van der Waals surface area contributed by atoms with E-state index in [4.69, 9.17) is 4.74 Å². The zero-order valence-electron chi connectivity index (χ0n) is 21.5. The number of rotatable bonds is 10. The molecule has 190 valence electrons. The van der Waals surface area contributed by atoms with Crippen LogP contribution in [0.15, 0.2) is 66.7 Å². The molecular formula is C29H34N2O5. The Hall–Kier alpha value is -3.71. The Bertz CT molecular complexity index is 1210. The lowest BCUT2D eigenvalue weighted by atomic mass is 9.87. The first kappa shape index (κ1) is 26.9. The number of nitrogens with zero attached hydrogens (tertiary/aromatic N) is 2. The maximum atomic E-state index is 13.0. The fourth-order valence-corrected chi connectivity index (χ4v) is 4.75. The molecule has 1 atom stereocenters. The Kier molecular flexibility index (Phi) is 8.83. The van der Waals surface area contributed by atoms with Crippen molar-refractivity contribution in [1.29, 1.82) is 0 Å². The Morgan fingerprint density at radius 1 is 1.00 bits per heavy atom. The monoisotopic (exact) mass is 490 g/mol. The Morgan fingerprint density at radius 2 is 1.69 bits per heavy atom. The number of benzene rings is 3. The molecule has 0 aliphatic rings. The quantitative estimate of drug-likeness (QED) is 0.151. The van der Waals surface area contributed by atoms with Crippen molar-refractivity contribution < 1.29 is 19.6 Å². The third-order valence-corrected chi connectivity index (χ3v) is 6.25. The highest BCUT2D eigenvalue weighted by molar-refractivity contribution is 5.95. The summed E-state index contributed by atoms with van der Waals surface area (Å²) in [6, 6.07) is 19.9. The van der Waals surface area contributed by atoms with Crippen LogP contribution in [0.5, 0.6) is 5.75 Å². The minimum atomic E-state index is -0.797. The Balaban J connectivity index is 2.06. The fraction of sp³-hybridized carbons (Fsp3) is 0.345. The standard InChI is InChI=1S/C29H34N2O5/c1-6-24(22-10-9-11-23(17-22)30(19(2)3)20(4)5)26-16-21(18-32)14-15-28(26)36-29(33)25-12-7-8-13-27(25)31(34)35/h7-17,19-20,24,32H,6,18H2,1-5H3. The number of hydrogen-bond donors (Lipinski definition) is 1. The van der Waals surface area contributed by atoms with Gasteiger partial charge in [0.15, 0.2) is 0 Å².